The molecule has 6 nitrogen and oxygen atoms in total. The van der Waals surface area contributed by atoms with E-state index in [1.165, 1.54) is 165 Å². The summed E-state index contributed by atoms with van der Waals surface area (Å²) in [7, 11) is 0. The van der Waals surface area contributed by atoms with Gasteiger partial charge in [-0.1, -0.05) is 233 Å². The molecule has 0 heterocycles. The third kappa shape index (κ3) is 22.3. The summed E-state index contributed by atoms with van der Waals surface area (Å²) in [5.74, 6) is -0.350. The summed E-state index contributed by atoms with van der Waals surface area (Å²) >= 11 is 6.66. The minimum absolute atomic E-state index is 0.243. The summed E-state index contributed by atoms with van der Waals surface area (Å²) in [6.07, 6.45) is 38.5. The molecule has 6 rings (SSSR count). The molecule has 0 saturated carbocycles. The molecule has 0 bridgehead atoms. The molecule has 0 aliphatic rings. The standard InChI is InChI=1S/C68H83ClN2O4/c1-3-5-7-9-11-13-15-17-19-21-23-25-28-54-36-45-62(46-37-54)70-52-56-32-40-58(41-33-56)67(72)74-64-31-27-30-60(50-64)61-44-49-66(65(69)51-61)75-68(73)59-42-34-57(35-43-59)53-71-63-47-38-55(39-48-63)29-26-24-22-20-18-16-14-12-10-8-6-4-2/h27,30-53H,3-26,28-29H2,1-2H3/b70-52+,71-53+. The zero-order valence-electron chi connectivity index (χ0n) is 45.2. The maximum atomic E-state index is 13.2. The van der Waals surface area contributed by atoms with Gasteiger partial charge in [-0.15, -0.1) is 0 Å². The lowest BCUT2D eigenvalue weighted by atomic mass is 10.0. The first-order valence-electron chi connectivity index (χ1n) is 28.7. The van der Waals surface area contributed by atoms with Crippen molar-refractivity contribution in [1.82, 2.24) is 0 Å². The van der Waals surface area contributed by atoms with Crippen LogP contribution >= 0.6 is 11.6 Å². The van der Waals surface area contributed by atoms with E-state index in [9.17, 15) is 9.59 Å². The molecule has 0 amide bonds. The summed E-state index contributed by atoms with van der Waals surface area (Å²) in [5, 5.41) is 0.276. The van der Waals surface area contributed by atoms with E-state index < -0.39 is 11.9 Å². The van der Waals surface area contributed by atoms with Crippen molar-refractivity contribution in [2.75, 3.05) is 0 Å². The number of ether oxygens (including phenoxy) is 2. The van der Waals surface area contributed by atoms with Crippen molar-refractivity contribution < 1.29 is 19.1 Å². The van der Waals surface area contributed by atoms with Gasteiger partial charge < -0.3 is 9.47 Å². The third-order valence-corrected chi connectivity index (χ3v) is 14.3. The average Bonchev–Trinajstić information content (AvgIpc) is 3.44. The summed E-state index contributed by atoms with van der Waals surface area (Å²) in [5.41, 5.74) is 8.63. The second-order valence-electron chi connectivity index (χ2n) is 20.3. The van der Waals surface area contributed by atoms with Crippen molar-refractivity contribution >= 4 is 47.3 Å². The molecule has 0 aliphatic heterocycles. The number of nitrogens with zero attached hydrogens (tertiary/aromatic N) is 2. The van der Waals surface area contributed by atoms with Crippen molar-refractivity contribution in [2.45, 2.75) is 181 Å². The van der Waals surface area contributed by atoms with Gasteiger partial charge in [0.2, 0.25) is 0 Å². The largest absolute Gasteiger partial charge is 0.423 e. The maximum absolute atomic E-state index is 13.2. The Morgan fingerprint density at radius 2 is 0.800 bits per heavy atom. The van der Waals surface area contributed by atoms with Crippen molar-refractivity contribution in [3.8, 4) is 22.6 Å². The lowest BCUT2D eigenvalue weighted by Gasteiger charge is -2.10. The molecule has 6 aromatic rings. The minimum atomic E-state index is -0.518. The average molecular weight is 1030 g/mol. The first-order chi connectivity index (χ1) is 36.9. The van der Waals surface area contributed by atoms with Crippen molar-refractivity contribution in [1.29, 1.82) is 0 Å². The second kappa shape index (κ2) is 34.5. The van der Waals surface area contributed by atoms with Gasteiger partial charge in [-0.25, -0.2) is 9.59 Å². The molecular weight excluding hydrogens is 944 g/mol. The quantitative estimate of drug-likeness (QED) is 0.0172. The molecule has 7 heteroatoms. The monoisotopic (exact) mass is 1030 g/mol. The van der Waals surface area contributed by atoms with E-state index in [4.69, 9.17) is 21.1 Å². The Bertz CT molecular complexity index is 2620. The molecule has 0 spiro atoms. The van der Waals surface area contributed by atoms with Crippen LogP contribution < -0.4 is 9.47 Å². The smallest absolute Gasteiger partial charge is 0.343 e. The highest BCUT2D eigenvalue weighted by Gasteiger charge is 2.14. The number of carbonyl (C=O) groups is 2. The number of esters is 2. The van der Waals surface area contributed by atoms with Crippen LogP contribution in [0.1, 0.15) is 211 Å². The molecule has 396 valence electrons. The van der Waals surface area contributed by atoms with Crippen LogP contribution in [0.5, 0.6) is 11.5 Å². The predicted molar refractivity (Wildman–Crippen MR) is 317 cm³/mol. The van der Waals surface area contributed by atoms with E-state index in [0.29, 0.717) is 16.9 Å². The molecular formula is C68H83ClN2O4. The summed E-state index contributed by atoms with van der Waals surface area (Å²) in [4.78, 5) is 35.6. The van der Waals surface area contributed by atoms with Crippen LogP contribution in [0.3, 0.4) is 0 Å². The topological polar surface area (TPSA) is 77.3 Å². The van der Waals surface area contributed by atoms with Crippen molar-refractivity contribution in [3.05, 3.63) is 178 Å². The fourth-order valence-electron chi connectivity index (χ4n) is 9.37. The van der Waals surface area contributed by atoms with Gasteiger partial charge in [0.25, 0.3) is 0 Å². The molecule has 0 fully saturated rings. The van der Waals surface area contributed by atoms with Gasteiger partial charge in [0.15, 0.2) is 0 Å². The number of aryl methyl sites for hydroxylation is 2. The molecule has 0 atom stereocenters. The number of aliphatic imine (C=N–C) groups is 2. The highest BCUT2D eigenvalue weighted by molar-refractivity contribution is 6.32. The zero-order valence-corrected chi connectivity index (χ0v) is 46.0. The van der Waals surface area contributed by atoms with Crippen LogP contribution in [0.25, 0.3) is 11.1 Å². The number of rotatable bonds is 35. The number of hydrogen-bond donors (Lipinski definition) is 0. The van der Waals surface area contributed by atoms with E-state index in [1.807, 2.05) is 48.7 Å². The van der Waals surface area contributed by atoms with Crippen molar-refractivity contribution in [3.63, 3.8) is 0 Å². The molecule has 6 aromatic carbocycles. The number of unbranched alkanes of at least 4 members (excludes halogenated alkanes) is 22. The number of benzene rings is 6. The zero-order chi connectivity index (χ0) is 52.6. The number of halogens is 1. The highest BCUT2D eigenvalue weighted by atomic mass is 35.5. The van der Waals surface area contributed by atoms with E-state index >= 15 is 0 Å². The van der Waals surface area contributed by atoms with E-state index in [0.717, 1.165) is 46.5 Å². The SMILES string of the molecule is CCCCCCCCCCCCCCc1ccc(/N=C/c2ccc(C(=O)Oc3cccc(-c4ccc(OC(=O)c5ccc(/C=N/c6ccc(CCCCCCCCCCCCCC)cc6)cc5)c(Cl)c4)c3)cc2)cc1. The molecule has 75 heavy (non-hydrogen) atoms. The van der Waals surface area contributed by atoms with E-state index in [1.54, 1.807) is 54.7 Å². The van der Waals surface area contributed by atoms with E-state index in [-0.39, 0.29) is 10.8 Å². The predicted octanol–water partition coefficient (Wildman–Crippen LogP) is 20.4. The Morgan fingerprint density at radius 3 is 1.21 bits per heavy atom. The normalized spacial score (nSPS) is 11.5. The van der Waals surface area contributed by atoms with Crippen molar-refractivity contribution in [2.24, 2.45) is 9.98 Å². The van der Waals surface area contributed by atoms with Crippen LogP contribution in [0, 0.1) is 0 Å². The Hall–Kier alpha value is -6.11. The van der Waals surface area contributed by atoms with Gasteiger partial charge in [0, 0.05) is 12.4 Å². The van der Waals surface area contributed by atoms with Crippen LogP contribution in [0.4, 0.5) is 11.4 Å². The first kappa shape index (κ1) is 58.2. The van der Waals surface area contributed by atoms with Crippen LogP contribution in [0.2, 0.25) is 5.02 Å². The van der Waals surface area contributed by atoms with Gasteiger partial charge in [-0.05, 0) is 132 Å². The lowest BCUT2D eigenvalue weighted by molar-refractivity contribution is 0.0725. The highest BCUT2D eigenvalue weighted by Crippen LogP contribution is 2.33. The molecule has 0 aromatic heterocycles. The first-order valence-corrected chi connectivity index (χ1v) is 29.0. The Kier molecular flexibility index (Phi) is 26.7. The van der Waals surface area contributed by atoms with Gasteiger partial charge in [0.1, 0.15) is 11.5 Å². The lowest BCUT2D eigenvalue weighted by Crippen LogP contribution is -2.09. The summed E-state index contributed by atoms with van der Waals surface area (Å²) < 4.78 is 11.5. The maximum Gasteiger partial charge on any atom is 0.343 e. The Labute approximate surface area is 455 Å². The van der Waals surface area contributed by atoms with Gasteiger partial charge in [-0.3, -0.25) is 9.98 Å². The van der Waals surface area contributed by atoms with Crippen LogP contribution in [0.15, 0.2) is 150 Å². The molecule has 0 unspecified atom stereocenters. The molecule has 0 radical (unpaired) electrons. The van der Waals surface area contributed by atoms with Gasteiger partial charge >= 0.3 is 11.9 Å². The molecule has 0 N–H and O–H groups in total. The molecule has 0 aliphatic carbocycles. The number of hydrogen-bond acceptors (Lipinski definition) is 6. The fraction of sp³-hybridized carbons (Fsp3) is 0.412. The van der Waals surface area contributed by atoms with Crippen LogP contribution in [-0.2, 0) is 12.8 Å². The minimum Gasteiger partial charge on any atom is -0.423 e. The second-order valence-corrected chi connectivity index (χ2v) is 20.7. The Balaban J connectivity index is 0.876. The summed E-state index contributed by atoms with van der Waals surface area (Å²) in [6, 6.07) is 43.8. The molecule has 0 saturated heterocycles. The number of carbonyl (C=O) groups excluding carboxylic acids is 2. The van der Waals surface area contributed by atoms with Gasteiger partial charge in [-0.2, -0.15) is 0 Å². The van der Waals surface area contributed by atoms with E-state index in [2.05, 4.69) is 72.4 Å². The fourth-order valence-corrected chi connectivity index (χ4v) is 9.59. The van der Waals surface area contributed by atoms with Crippen LogP contribution in [-0.4, -0.2) is 24.4 Å². The third-order valence-electron chi connectivity index (χ3n) is 14.0. The van der Waals surface area contributed by atoms with Gasteiger partial charge in [0.05, 0.1) is 27.5 Å². The Morgan fingerprint density at radius 1 is 0.413 bits per heavy atom. The summed E-state index contributed by atoms with van der Waals surface area (Å²) in [6.45, 7) is 4.55.